The van der Waals surface area contributed by atoms with Crippen LogP contribution in [0.1, 0.15) is 107 Å². The first-order chi connectivity index (χ1) is 36.7. The van der Waals surface area contributed by atoms with Crippen molar-refractivity contribution in [2.75, 3.05) is 78.6 Å². The van der Waals surface area contributed by atoms with E-state index in [2.05, 4.69) is 281 Å². The topological polar surface area (TPSA) is 51.7 Å². The van der Waals surface area contributed by atoms with E-state index in [1.165, 1.54) is 28.1 Å². The van der Waals surface area contributed by atoms with Gasteiger partial charge in [0.1, 0.15) is 5.60 Å². The number of allylic oxidation sites excluding steroid dienone is 2. The lowest BCUT2D eigenvalue weighted by atomic mass is 9.67. The molecule has 0 saturated heterocycles. The highest BCUT2D eigenvalue weighted by Gasteiger charge is 2.40. The standard InChI is InChI=1S/C67H81BN4O3/c1-9-69(10-2)61-43-35-54(36-44-61)65(55-37-45-62(46-38-55)70(11-3)12-4)34-26-52-67(59-39-47-63(48-40-59)71(13-5)14-6,60-41-49-64(50-42-60)72(15-7)16-8)75-68(73)74-53-27-51-66(56-28-20-17-21-29-56,57-30-22-18-23-31-57)58-32-24-19-25-33-58/h17-26,28-50,52,73H,9-16,27,51,53H2,1-8H3. The quantitative estimate of drug-likeness (QED) is 0.0227. The van der Waals surface area contributed by atoms with E-state index < -0.39 is 18.3 Å². The third-order valence-corrected chi connectivity index (χ3v) is 15.1. The van der Waals surface area contributed by atoms with E-state index in [1.54, 1.807) is 0 Å². The summed E-state index contributed by atoms with van der Waals surface area (Å²) in [5.74, 6) is 0. The number of anilines is 4. The van der Waals surface area contributed by atoms with Crippen LogP contribution >= 0.6 is 0 Å². The Morgan fingerprint density at radius 1 is 0.427 bits per heavy atom. The van der Waals surface area contributed by atoms with Gasteiger partial charge in [0, 0.05) is 87.1 Å². The van der Waals surface area contributed by atoms with Crippen molar-refractivity contribution in [1.82, 2.24) is 0 Å². The van der Waals surface area contributed by atoms with E-state index in [0.29, 0.717) is 6.42 Å². The van der Waals surface area contributed by atoms with E-state index in [1.807, 2.05) is 0 Å². The molecule has 0 aliphatic heterocycles. The average Bonchev–Trinajstić information content (AvgIpc) is 3.47. The lowest BCUT2D eigenvalue weighted by molar-refractivity contribution is 0.0598. The minimum Gasteiger partial charge on any atom is -0.402 e. The zero-order valence-corrected chi connectivity index (χ0v) is 46.0. The summed E-state index contributed by atoms with van der Waals surface area (Å²) in [6, 6.07) is 67.3. The van der Waals surface area contributed by atoms with E-state index in [4.69, 9.17) is 9.31 Å². The molecule has 0 fully saturated rings. The molecule has 0 atom stereocenters. The molecule has 1 N–H and O–H groups in total. The second-order valence-electron chi connectivity index (χ2n) is 19.0. The minimum absolute atomic E-state index is 0.258. The third-order valence-electron chi connectivity index (χ3n) is 15.1. The molecule has 7 aromatic rings. The summed E-state index contributed by atoms with van der Waals surface area (Å²) < 4.78 is 13.6. The molecule has 0 bridgehead atoms. The van der Waals surface area contributed by atoms with Gasteiger partial charge in [-0.2, -0.15) is 0 Å². The van der Waals surface area contributed by atoms with Crippen LogP contribution < -0.4 is 19.6 Å². The number of nitrogens with zero attached hydrogens (tertiary/aromatic N) is 4. The Bertz CT molecular complexity index is 2580. The largest absolute Gasteiger partial charge is 0.637 e. The van der Waals surface area contributed by atoms with E-state index >= 15 is 0 Å². The first-order valence-electron chi connectivity index (χ1n) is 27.7. The Balaban J connectivity index is 1.32. The Kier molecular flexibility index (Phi) is 20.6. The van der Waals surface area contributed by atoms with Crippen molar-refractivity contribution in [2.24, 2.45) is 0 Å². The second-order valence-corrected chi connectivity index (χ2v) is 19.0. The first-order valence-corrected chi connectivity index (χ1v) is 27.7. The van der Waals surface area contributed by atoms with Crippen LogP contribution in [0.4, 0.5) is 22.7 Å². The normalized spacial score (nSPS) is 11.6. The molecule has 0 saturated carbocycles. The van der Waals surface area contributed by atoms with Crippen molar-refractivity contribution < 1.29 is 14.3 Å². The van der Waals surface area contributed by atoms with Crippen molar-refractivity contribution in [3.8, 4) is 0 Å². The molecule has 0 spiro atoms. The molecule has 0 unspecified atom stereocenters. The number of rotatable bonds is 28. The Morgan fingerprint density at radius 2 is 0.747 bits per heavy atom. The molecule has 7 rings (SSSR count). The smallest absolute Gasteiger partial charge is 0.402 e. The summed E-state index contributed by atoms with van der Waals surface area (Å²) in [7, 11) is -1.58. The molecule has 8 heteroatoms. The summed E-state index contributed by atoms with van der Waals surface area (Å²) in [4.78, 5) is 9.42. The maximum Gasteiger partial charge on any atom is 0.637 e. The van der Waals surface area contributed by atoms with Crippen molar-refractivity contribution in [2.45, 2.75) is 79.2 Å². The summed E-state index contributed by atoms with van der Waals surface area (Å²) in [5.41, 5.74) is 11.5. The number of hydrogen-bond donors (Lipinski definition) is 1. The van der Waals surface area contributed by atoms with Crippen molar-refractivity contribution in [3.05, 3.63) is 245 Å². The fourth-order valence-electron chi connectivity index (χ4n) is 10.9. The molecule has 0 aliphatic carbocycles. The second kappa shape index (κ2) is 27.6. The predicted molar refractivity (Wildman–Crippen MR) is 320 cm³/mol. The van der Waals surface area contributed by atoms with Crippen LogP contribution in [0.15, 0.2) is 206 Å². The van der Waals surface area contributed by atoms with Crippen molar-refractivity contribution in [1.29, 1.82) is 0 Å². The lowest BCUT2D eigenvalue weighted by Gasteiger charge is -2.36. The molecule has 0 aliphatic rings. The maximum absolute atomic E-state index is 12.3. The molecular formula is C67H81BN4O3. The highest BCUT2D eigenvalue weighted by atomic mass is 16.7. The highest BCUT2D eigenvalue weighted by Crippen LogP contribution is 2.44. The molecule has 75 heavy (non-hydrogen) atoms. The summed E-state index contributed by atoms with van der Waals surface area (Å²) in [6.45, 7) is 25.1. The van der Waals surface area contributed by atoms with Gasteiger partial charge in [-0.15, -0.1) is 0 Å². The zero-order valence-electron chi connectivity index (χ0n) is 46.0. The van der Waals surface area contributed by atoms with E-state index in [-0.39, 0.29) is 6.61 Å². The Morgan fingerprint density at radius 3 is 1.07 bits per heavy atom. The van der Waals surface area contributed by atoms with Crippen LogP contribution in [0.5, 0.6) is 0 Å². The zero-order chi connectivity index (χ0) is 53.0. The van der Waals surface area contributed by atoms with E-state index in [9.17, 15) is 5.02 Å². The molecule has 0 heterocycles. The van der Waals surface area contributed by atoms with Gasteiger partial charge in [-0.05, 0) is 167 Å². The SMILES string of the molecule is CCN(CC)c1ccc(C(=CC=CC(OB(O)OCCCC(c2ccccc2)(c2ccccc2)c2ccccc2)(c2ccc(N(CC)CC)cc2)c2ccc(N(CC)CC)cc2)c2ccc(N(CC)CC)cc2)cc1. The maximum atomic E-state index is 12.3. The van der Waals surface area contributed by atoms with Crippen molar-refractivity contribution >= 4 is 35.6 Å². The van der Waals surface area contributed by atoms with Gasteiger partial charge >= 0.3 is 7.32 Å². The van der Waals surface area contributed by atoms with Gasteiger partial charge in [0.05, 0.1) is 0 Å². The van der Waals surface area contributed by atoms with Crippen LogP contribution in [-0.2, 0) is 20.3 Å². The third kappa shape index (κ3) is 13.2. The molecule has 7 nitrogen and oxygen atoms in total. The Labute approximate surface area is 451 Å². The highest BCUT2D eigenvalue weighted by molar-refractivity contribution is 6.34. The molecule has 7 aromatic carbocycles. The fourth-order valence-corrected chi connectivity index (χ4v) is 10.9. The van der Waals surface area contributed by atoms with E-state index in [0.717, 1.165) is 98.0 Å². The average molecular weight is 1000 g/mol. The van der Waals surface area contributed by atoms with Gasteiger partial charge in [0.15, 0.2) is 0 Å². The van der Waals surface area contributed by atoms with Crippen molar-refractivity contribution in [3.63, 3.8) is 0 Å². The van der Waals surface area contributed by atoms with Crippen LogP contribution in [0.3, 0.4) is 0 Å². The number of hydrogen-bond acceptors (Lipinski definition) is 7. The van der Waals surface area contributed by atoms with Gasteiger partial charge in [-0.1, -0.05) is 152 Å². The van der Waals surface area contributed by atoms with Crippen LogP contribution in [0, 0.1) is 0 Å². The summed E-state index contributed by atoms with van der Waals surface area (Å²) in [5, 5.41) is 12.3. The fraction of sp³-hybridized carbons (Fsp3) is 0.313. The monoisotopic (exact) mass is 1000 g/mol. The van der Waals surface area contributed by atoms with Gasteiger partial charge < -0.3 is 33.9 Å². The van der Waals surface area contributed by atoms with Gasteiger partial charge in [-0.3, -0.25) is 0 Å². The molecule has 0 amide bonds. The summed E-state index contributed by atoms with van der Waals surface area (Å²) in [6.07, 6.45) is 7.77. The molecular weight excluding hydrogens is 920 g/mol. The number of benzene rings is 7. The van der Waals surface area contributed by atoms with Gasteiger partial charge in [-0.25, -0.2) is 0 Å². The minimum atomic E-state index is -1.58. The van der Waals surface area contributed by atoms with Gasteiger partial charge in [0.2, 0.25) is 0 Å². The molecule has 0 radical (unpaired) electrons. The van der Waals surface area contributed by atoms with Crippen LogP contribution in [0.2, 0.25) is 0 Å². The lowest BCUT2D eigenvalue weighted by Crippen LogP contribution is -2.38. The predicted octanol–water partition coefficient (Wildman–Crippen LogP) is 14.8. The van der Waals surface area contributed by atoms with Crippen LogP contribution in [0.25, 0.3) is 5.57 Å². The van der Waals surface area contributed by atoms with Crippen LogP contribution in [-0.4, -0.2) is 71.3 Å². The molecule has 0 aromatic heterocycles. The summed E-state index contributed by atoms with van der Waals surface area (Å²) >= 11 is 0. The van der Waals surface area contributed by atoms with Gasteiger partial charge in [0.25, 0.3) is 0 Å². The Hall–Kier alpha value is -6.84. The first kappa shape index (κ1) is 55.9. The molecule has 390 valence electrons.